The summed E-state index contributed by atoms with van der Waals surface area (Å²) >= 11 is 0. The van der Waals surface area contributed by atoms with Crippen LogP contribution in [0, 0.1) is 0 Å². The van der Waals surface area contributed by atoms with Crippen molar-refractivity contribution in [3.63, 3.8) is 0 Å². The summed E-state index contributed by atoms with van der Waals surface area (Å²) in [6.45, 7) is 5.38. The fourth-order valence-corrected chi connectivity index (χ4v) is 1.33. The van der Waals surface area contributed by atoms with Gasteiger partial charge in [0.05, 0.1) is 0 Å². The number of aliphatic hydroxyl groups excluding tert-OH is 1. The normalized spacial score (nSPS) is 23.5. The van der Waals surface area contributed by atoms with E-state index in [1.54, 1.807) is 19.2 Å². The number of amides is 1. The summed E-state index contributed by atoms with van der Waals surface area (Å²) in [6.07, 6.45) is 4.15. The molecule has 0 aromatic heterocycles. The third-order valence-electron chi connectivity index (χ3n) is 2.06. The quantitative estimate of drug-likeness (QED) is 0.682. The van der Waals surface area contributed by atoms with Crippen LogP contribution in [-0.4, -0.2) is 29.2 Å². The van der Waals surface area contributed by atoms with E-state index in [1.165, 1.54) is 11.0 Å². The number of rotatable bonds is 2. The summed E-state index contributed by atoms with van der Waals surface area (Å²) < 4.78 is 0. The van der Waals surface area contributed by atoms with Crippen LogP contribution in [0.2, 0.25) is 0 Å². The Morgan fingerprint density at radius 2 is 2.23 bits per heavy atom. The Kier molecular flexibility index (Phi) is 2.68. The predicted molar refractivity (Wildman–Crippen MR) is 50.8 cm³/mol. The van der Waals surface area contributed by atoms with Crippen molar-refractivity contribution in [1.82, 2.24) is 4.90 Å². The number of carbonyl (C=O) groups excluding carboxylic acids is 1. The molecule has 1 N–H and O–H groups in total. The molecule has 1 rings (SSSR count). The zero-order chi connectivity index (χ0) is 10.0. The molecule has 70 valence electrons. The molecular weight excluding hydrogens is 166 g/mol. The first kappa shape index (κ1) is 9.74. The molecule has 0 radical (unpaired) electrons. The lowest BCUT2D eigenvalue weighted by molar-refractivity contribution is -0.129. The number of allylic oxidation sites excluding steroid dienone is 1. The van der Waals surface area contributed by atoms with Gasteiger partial charge in [-0.3, -0.25) is 4.79 Å². The third-order valence-corrected chi connectivity index (χ3v) is 2.06. The van der Waals surface area contributed by atoms with Gasteiger partial charge in [0.1, 0.15) is 0 Å². The van der Waals surface area contributed by atoms with E-state index >= 15 is 0 Å². The lowest BCUT2D eigenvalue weighted by Gasteiger charge is -2.15. The first-order chi connectivity index (χ1) is 6.13. The summed E-state index contributed by atoms with van der Waals surface area (Å²) in [5.74, 6) is -0.185. The summed E-state index contributed by atoms with van der Waals surface area (Å²) in [5.41, 5.74) is 1.10. The number of carbonyl (C=O) groups is 1. The zero-order valence-corrected chi connectivity index (χ0v) is 7.82. The fraction of sp³-hybridized carbons (Fsp3) is 0.300. The van der Waals surface area contributed by atoms with Gasteiger partial charge in [-0.25, -0.2) is 0 Å². The molecule has 0 spiro atoms. The molecule has 3 nitrogen and oxygen atoms in total. The molecule has 1 aliphatic heterocycles. The van der Waals surface area contributed by atoms with Gasteiger partial charge in [-0.05, 0) is 6.92 Å². The van der Waals surface area contributed by atoms with E-state index in [0.29, 0.717) is 11.1 Å². The van der Waals surface area contributed by atoms with Crippen molar-refractivity contribution in [3.8, 4) is 0 Å². The molecule has 3 heteroatoms. The lowest BCUT2D eigenvalue weighted by Crippen LogP contribution is -2.30. The van der Waals surface area contributed by atoms with Gasteiger partial charge in [0.25, 0.3) is 5.91 Å². The Hall–Kier alpha value is -1.35. The monoisotopic (exact) mass is 179 g/mol. The third kappa shape index (κ3) is 1.42. The molecule has 0 bridgehead atoms. The highest BCUT2D eigenvalue weighted by Gasteiger charge is 2.32. The van der Waals surface area contributed by atoms with Crippen LogP contribution < -0.4 is 0 Å². The van der Waals surface area contributed by atoms with Crippen LogP contribution in [0.15, 0.2) is 36.0 Å². The van der Waals surface area contributed by atoms with Gasteiger partial charge in [-0.15, -0.1) is 0 Å². The maximum atomic E-state index is 11.4. The first-order valence-electron chi connectivity index (χ1n) is 4.08. The highest BCUT2D eigenvalue weighted by atomic mass is 16.3. The average Bonchev–Trinajstić information content (AvgIpc) is 2.32. The van der Waals surface area contributed by atoms with Crippen LogP contribution in [0.3, 0.4) is 0 Å². The predicted octanol–water partition coefficient (Wildman–Crippen LogP) is 0.835. The van der Waals surface area contributed by atoms with E-state index in [-0.39, 0.29) is 5.91 Å². The zero-order valence-electron chi connectivity index (χ0n) is 7.82. The Balaban J connectivity index is 3.16. The Bertz CT molecular complexity index is 302. The van der Waals surface area contributed by atoms with Crippen molar-refractivity contribution in [2.75, 3.05) is 7.05 Å². The molecule has 0 aromatic carbocycles. The number of likely N-dealkylation sites (N-methyl/N-ethyl adjacent to an activating group) is 1. The largest absolute Gasteiger partial charge is 0.369 e. The molecule has 13 heavy (non-hydrogen) atoms. The van der Waals surface area contributed by atoms with Gasteiger partial charge in [0.15, 0.2) is 6.23 Å². The minimum Gasteiger partial charge on any atom is -0.369 e. The van der Waals surface area contributed by atoms with Gasteiger partial charge in [0, 0.05) is 18.2 Å². The van der Waals surface area contributed by atoms with E-state index < -0.39 is 6.23 Å². The summed E-state index contributed by atoms with van der Waals surface area (Å²) in [7, 11) is 1.56. The number of aliphatic hydroxyl groups is 1. The van der Waals surface area contributed by atoms with Crippen molar-refractivity contribution in [2.24, 2.45) is 0 Å². The molecule has 0 fully saturated rings. The Morgan fingerprint density at radius 3 is 2.69 bits per heavy atom. The van der Waals surface area contributed by atoms with Crippen LogP contribution in [0.5, 0.6) is 0 Å². The first-order valence-corrected chi connectivity index (χ1v) is 4.08. The lowest BCUT2D eigenvalue weighted by atomic mass is 10.1. The van der Waals surface area contributed by atoms with E-state index in [1.807, 2.05) is 6.92 Å². The van der Waals surface area contributed by atoms with Gasteiger partial charge in [0.2, 0.25) is 0 Å². The Morgan fingerprint density at radius 1 is 1.62 bits per heavy atom. The van der Waals surface area contributed by atoms with Crippen molar-refractivity contribution in [2.45, 2.75) is 13.2 Å². The molecule has 0 aromatic rings. The maximum Gasteiger partial charge on any atom is 0.256 e. The van der Waals surface area contributed by atoms with Crippen LogP contribution in [0.4, 0.5) is 0 Å². The summed E-state index contributed by atoms with van der Waals surface area (Å²) in [5, 5.41) is 9.61. The highest BCUT2D eigenvalue weighted by molar-refractivity contribution is 6.00. The number of hydrogen-bond acceptors (Lipinski definition) is 2. The molecular formula is C10H13NO2. The van der Waals surface area contributed by atoms with Gasteiger partial charge < -0.3 is 10.0 Å². The van der Waals surface area contributed by atoms with Gasteiger partial charge in [-0.1, -0.05) is 24.8 Å². The van der Waals surface area contributed by atoms with Crippen LogP contribution in [0.1, 0.15) is 6.92 Å². The van der Waals surface area contributed by atoms with Crippen molar-refractivity contribution < 1.29 is 9.90 Å². The van der Waals surface area contributed by atoms with E-state index in [9.17, 15) is 9.90 Å². The van der Waals surface area contributed by atoms with Gasteiger partial charge in [-0.2, -0.15) is 0 Å². The SMILES string of the molecule is C=CC1=C(/C=C\C)C(O)N(C)C1=O. The number of hydrogen-bond donors (Lipinski definition) is 1. The van der Waals surface area contributed by atoms with E-state index in [4.69, 9.17) is 0 Å². The van der Waals surface area contributed by atoms with Crippen LogP contribution >= 0.6 is 0 Å². The van der Waals surface area contributed by atoms with Crippen LogP contribution in [-0.2, 0) is 4.79 Å². The van der Waals surface area contributed by atoms with E-state index in [0.717, 1.165) is 0 Å². The molecule has 1 heterocycles. The molecule has 1 atom stereocenters. The second-order valence-electron chi connectivity index (χ2n) is 2.86. The van der Waals surface area contributed by atoms with Gasteiger partial charge >= 0.3 is 0 Å². The molecule has 1 amide bonds. The molecule has 1 unspecified atom stereocenters. The topological polar surface area (TPSA) is 40.5 Å². The maximum absolute atomic E-state index is 11.4. The molecule has 0 saturated heterocycles. The fourth-order valence-electron chi connectivity index (χ4n) is 1.33. The average molecular weight is 179 g/mol. The van der Waals surface area contributed by atoms with Crippen molar-refractivity contribution in [3.05, 3.63) is 36.0 Å². The molecule has 0 saturated carbocycles. The minimum absolute atomic E-state index is 0.185. The second-order valence-corrected chi connectivity index (χ2v) is 2.86. The molecule has 0 aliphatic carbocycles. The smallest absolute Gasteiger partial charge is 0.256 e. The van der Waals surface area contributed by atoms with E-state index in [2.05, 4.69) is 6.58 Å². The highest BCUT2D eigenvalue weighted by Crippen LogP contribution is 2.24. The summed E-state index contributed by atoms with van der Waals surface area (Å²) in [4.78, 5) is 12.7. The van der Waals surface area contributed by atoms with Crippen molar-refractivity contribution >= 4 is 5.91 Å². The summed E-state index contributed by atoms with van der Waals surface area (Å²) in [6, 6.07) is 0. The minimum atomic E-state index is -0.836. The number of nitrogens with zero attached hydrogens (tertiary/aromatic N) is 1. The van der Waals surface area contributed by atoms with Crippen molar-refractivity contribution in [1.29, 1.82) is 0 Å². The van der Waals surface area contributed by atoms with Crippen LogP contribution in [0.25, 0.3) is 0 Å². The molecule has 1 aliphatic rings. The standard InChI is InChI=1S/C10H13NO2/c1-4-6-8-7(5-2)9(12)11(3)10(8)13/h4-6,10,13H,2H2,1,3H3/b6-4-. The second kappa shape index (κ2) is 3.58. The Labute approximate surface area is 77.7 Å².